The van der Waals surface area contributed by atoms with E-state index in [1.54, 1.807) is 12.1 Å². The van der Waals surface area contributed by atoms with E-state index >= 15 is 0 Å². The Morgan fingerprint density at radius 1 is 0.952 bits per heavy atom. The highest BCUT2D eigenvalue weighted by Gasteiger charge is 2.10. The van der Waals surface area contributed by atoms with Crippen molar-refractivity contribution in [2.75, 3.05) is 13.2 Å². The Labute approximate surface area is 125 Å². The lowest BCUT2D eigenvalue weighted by atomic mass is 10.0. The van der Waals surface area contributed by atoms with Gasteiger partial charge in [0.25, 0.3) is 0 Å². The number of rotatable bonds is 6. The molecule has 0 unspecified atom stereocenters. The summed E-state index contributed by atoms with van der Waals surface area (Å²) >= 11 is 0. The number of ether oxygens (including phenoxy) is 2. The van der Waals surface area contributed by atoms with Gasteiger partial charge in [0.15, 0.2) is 12.4 Å². The van der Waals surface area contributed by atoms with Crippen molar-refractivity contribution >= 4 is 5.78 Å². The van der Waals surface area contributed by atoms with Gasteiger partial charge in [-0.3, -0.25) is 4.79 Å². The number of Topliss-reactive ketones (excluding diaryl/α,β-unsaturated/α-hetero) is 1. The first-order valence-corrected chi connectivity index (χ1v) is 7.06. The highest BCUT2D eigenvalue weighted by molar-refractivity contribution is 5.98. The topological polar surface area (TPSA) is 35.5 Å². The van der Waals surface area contributed by atoms with Crippen LogP contribution in [0.1, 0.15) is 28.4 Å². The second kappa shape index (κ2) is 6.93. The average Bonchev–Trinajstić information content (AvgIpc) is 2.46. The lowest BCUT2D eigenvalue weighted by Crippen LogP contribution is -2.13. The van der Waals surface area contributed by atoms with Crippen molar-refractivity contribution in [3.05, 3.63) is 59.2 Å². The van der Waals surface area contributed by atoms with E-state index in [0.29, 0.717) is 17.9 Å². The Kier molecular flexibility index (Phi) is 4.99. The van der Waals surface area contributed by atoms with Crippen LogP contribution in [0.15, 0.2) is 42.5 Å². The fourth-order valence-electron chi connectivity index (χ4n) is 2.15. The maximum Gasteiger partial charge on any atom is 0.200 e. The number of ketones is 1. The molecule has 3 heteroatoms. The van der Waals surface area contributed by atoms with E-state index in [4.69, 9.17) is 9.47 Å². The Hall–Kier alpha value is -2.29. The van der Waals surface area contributed by atoms with Gasteiger partial charge >= 0.3 is 0 Å². The smallest absolute Gasteiger partial charge is 0.200 e. The molecule has 0 aliphatic rings. The lowest BCUT2D eigenvalue weighted by Gasteiger charge is -2.09. The van der Waals surface area contributed by atoms with Crippen molar-refractivity contribution in [1.29, 1.82) is 0 Å². The Balaban J connectivity index is 1.97. The fourth-order valence-corrected chi connectivity index (χ4v) is 2.15. The molecule has 0 aliphatic carbocycles. The molecule has 0 bridgehead atoms. The molecule has 0 saturated carbocycles. The fraction of sp³-hybridized carbons (Fsp3) is 0.278. The lowest BCUT2D eigenvalue weighted by molar-refractivity contribution is 0.0921. The Morgan fingerprint density at radius 3 is 2.14 bits per heavy atom. The molecule has 0 aliphatic heterocycles. The van der Waals surface area contributed by atoms with Gasteiger partial charge in [0, 0.05) is 5.56 Å². The van der Waals surface area contributed by atoms with Crippen LogP contribution < -0.4 is 9.47 Å². The molecule has 2 rings (SSSR count). The molecule has 2 aromatic rings. The van der Waals surface area contributed by atoms with Crippen LogP contribution in [0.25, 0.3) is 0 Å². The van der Waals surface area contributed by atoms with Gasteiger partial charge in [-0.05, 0) is 50.6 Å². The Bertz CT molecular complexity index is 615. The molecule has 2 aromatic carbocycles. The predicted octanol–water partition coefficient (Wildman–Crippen LogP) is 3.96. The summed E-state index contributed by atoms with van der Waals surface area (Å²) < 4.78 is 10.9. The molecular weight excluding hydrogens is 264 g/mol. The van der Waals surface area contributed by atoms with E-state index in [0.717, 1.165) is 16.9 Å². The molecule has 0 N–H and O–H groups in total. The predicted molar refractivity (Wildman–Crippen MR) is 83.4 cm³/mol. The summed E-state index contributed by atoms with van der Waals surface area (Å²) in [6, 6.07) is 13.1. The first-order valence-electron chi connectivity index (χ1n) is 7.06. The third kappa shape index (κ3) is 4.09. The van der Waals surface area contributed by atoms with E-state index in [1.807, 2.05) is 51.1 Å². The third-order valence-electron chi connectivity index (χ3n) is 3.19. The summed E-state index contributed by atoms with van der Waals surface area (Å²) in [4.78, 5) is 12.2. The monoisotopic (exact) mass is 284 g/mol. The second-order valence-electron chi connectivity index (χ2n) is 4.93. The molecule has 0 aromatic heterocycles. The van der Waals surface area contributed by atoms with E-state index in [1.165, 1.54) is 0 Å². The zero-order valence-corrected chi connectivity index (χ0v) is 12.7. The van der Waals surface area contributed by atoms with Crippen LogP contribution in [0.2, 0.25) is 0 Å². The van der Waals surface area contributed by atoms with Crippen LogP contribution in [0.3, 0.4) is 0 Å². The number of aryl methyl sites for hydroxylation is 2. The van der Waals surface area contributed by atoms with Gasteiger partial charge in [0.05, 0.1) is 6.61 Å². The van der Waals surface area contributed by atoms with Crippen molar-refractivity contribution in [2.45, 2.75) is 20.8 Å². The number of hydrogen-bond acceptors (Lipinski definition) is 3. The van der Waals surface area contributed by atoms with Gasteiger partial charge in [-0.15, -0.1) is 0 Å². The molecule has 0 atom stereocenters. The largest absolute Gasteiger partial charge is 0.494 e. The third-order valence-corrected chi connectivity index (χ3v) is 3.19. The molecule has 0 amide bonds. The number of hydrogen-bond donors (Lipinski definition) is 0. The van der Waals surface area contributed by atoms with Crippen molar-refractivity contribution in [2.24, 2.45) is 0 Å². The van der Waals surface area contributed by atoms with Crippen LogP contribution in [-0.2, 0) is 0 Å². The highest BCUT2D eigenvalue weighted by atomic mass is 16.5. The number of benzene rings is 2. The SMILES string of the molecule is CCOc1ccc(OCC(=O)c2ccc(C)cc2C)cc1. The standard InChI is InChI=1S/C18H20O3/c1-4-20-15-6-8-16(9-7-15)21-12-18(19)17-10-5-13(2)11-14(17)3/h5-11H,4,12H2,1-3H3. The molecule has 110 valence electrons. The minimum absolute atomic E-state index is 0.0126. The van der Waals surface area contributed by atoms with Crippen molar-refractivity contribution in [3.63, 3.8) is 0 Å². The van der Waals surface area contributed by atoms with Crippen LogP contribution in [-0.4, -0.2) is 19.0 Å². The van der Waals surface area contributed by atoms with E-state index < -0.39 is 0 Å². The second-order valence-corrected chi connectivity index (χ2v) is 4.93. The summed E-state index contributed by atoms with van der Waals surface area (Å²) in [7, 11) is 0. The molecule has 21 heavy (non-hydrogen) atoms. The quantitative estimate of drug-likeness (QED) is 0.753. The normalized spacial score (nSPS) is 10.2. The maximum absolute atomic E-state index is 12.2. The maximum atomic E-state index is 12.2. The molecule has 0 spiro atoms. The van der Waals surface area contributed by atoms with Crippen LogP contribution in [0.4, 0.5) is 0 Å². The van der Waals surface area contributed by atoms with Gasteiger partial charge < -0.3 is 9.47 Å². The summed E-state index contributed by atoms with van der Waals surface area (Å²) in [5, 5.41) is 0. The van der Waals surface area contributed by atoms with Gasteiger partial charge in [0.2, 0.25) is 0 Å². The van der Waals surface area contributed by atoms with E-state index in [2.05, 4.69) is 0 Å². The van der Waals surface area contributed by atoms with Crippen molar-refractivity contribution in [3.8, 4) is 11.5 Å². The first kappa shape index (κ1) is 15.1. The van der Waals surface area contributed by atoms with Crippen molar-refractivity contribution < 1.29 is 14.3 Å². The van der Waals surface area contributed by atoms with Gasteiger partial charge in [0.1, 0.15) is 11.5 Å². The molecular formula is C18H20O3. The first-order chi connectivity index (χ1) is 10.1. The van der Waals surface area contributed by atoms with E-state index in [-0.39, 0.29) is 12.4 Å². The summed E-state index contributed by atoms with van der Waals surface area (Å²) in [6.45, 7) is 6.56. The van der Waals surface area contributed by atoms with Crippen LogP contribution in [0.5, 0.6) is 11.5 Å². The van der Waals surface area contributed by atoms with Crippen LogP contribution >= 0.6 is 0 Å². The van der Waals surface area contributed by atoms with Crippen LogP contribution in [0, 0.1) is 13.8 Å². The van der Waals surface area contributed by atoms with Gasteiger partial charge in [-0.25, -0.2) is 0 Å². The highest BCUT2D eigenvalue weighted by Crippen LogP contribution is 2.18. The number of carbonyl (C=O) groups excluding carboxylic acids is 1. The summed E-state index contributed by atoms with van der Waals surface area (Å²) in [6.07, 6.45) is 0. The molecule has 0 fully saturated rings. The van der Waals surface area contributed by atoms with E-state index in [9.17, 15) is 4.79 Å². The number of carbonyl (C=O) groups is 1. The van der Waals surface area contributed by atoms with Gasteiger partial charge in [-0.2, -0.15) is 0 Å². The molecule has 0 heterocycles. The zero-order valence-electron chi connectivity index (χ0n) is 12.7. The summed E-state index contributed by atoms with van der Waals surface area (Å²) in [5.74, 6) is 1.45. The minimum Gasteiger partial charge on any atom is -0.494 e. The molecule has 0 saturated heterocycles. The minimum atomic E-state index is -0.0126. The Morgan fingerprint density at radius 2 is 1.57 bits per heavy atom. The van der Waals surface area contributed by atoms with Gasteiger partial charge in [-0.1, -0.05) is 23.8 Å². The van der Waals surface area contributed by atoms with Crippen molar-refractivity contribution in [1.82, 2.24) is 0 Å². The zero-order chi connectivity index (χ0) is 15.2. The summed E-state index contributed by atoms with van der Waals surface area (Å²) in [5.41, 5.74) is 2.85. The molecule has 0 radical (unpaired) electrons. The molecule has 3 nitrogen and oxygen atoms in total. The average molecular weight is 284 g/mol.